The molecule has 2 N–H and O–H groups in total. The van der Waals surface area contributed by atoms with Gasteiger partial charge in [0, 0.05) is 53.7 Å². The number of fused-ring (bicyclic) bond motifs is 1. The van der Waals surface area contributed by atoms with Gasteiger partial charge in [-0.05, 0) is 42.7 Å². The van der Waals surface area contributed by atoms with Crippen LogP contribution < -0.4 is 10.5 Å². The maximum absolute atomic E-state index is 11.3. The molecule has 29 heavy (non-hydrogen) atoms. The van der Waals surface area contributed by atoms with E-state index < -0.39 is 11.7 Å². The number of nitrogens with zero attached hydrogens (tertiary/aromatic N) is 1. The molecular formula is C23H25ClN2O3. The van der Waals surface area contributed by atoms with E-state index in [0.29, 0.717) is 17.2 Å². The van der Waals surface area contributed by atoms with Crippen LogP contribution in [0.25, 0.3) is 11.1 Å². The highest BCUT2D eigenvalue weighted by Gasteiger charge is 2.42. The number of carbonyl (C=O) groups is 1. The van der Waals surface area contributed by atoms with E-state index in [4.69, 9.17) is 26.8 Å². The summed E-state index contributed by atoms with van der Waals surface area (Å²) in [6.45, 7) is 2.61. The molecule has 1 aliphatic carbocycles. The average molecular weight is 413 g/mol. The highest BCUT2D eigenvalue weighted by atomic mass is 35.5. The molecule has 152 valence electrons. The molecular weight excluding hydrogens is 388 g/mol. The molecule has 1 saturated carbocycles. The molecule has 0 aromatic heterocycles. The monoisotopic (exact) mass is 412 g/mol. The first-order valence-electron chi connectivity index (χ1n) is 10.3. The second kappa shape index (κ2) is 7.31. The van der Waals surface area contributed by atoms with Gasteiger partial charge in [-0.15, -0.1) is 0 Å². The molecule has 2 aliphatic heterocycles. The van der Waals surface area contributed by atoms with Crippen LogP contribution in [0.15, 0.2) is 36.4 Å². The number of nitrogens with two attached hydrogens (primary N) is 1. The zero-order valence-corrected chi connectivity index (χ0v) is 17.1. The lowest BCUT2D eigenvalue weighted by Gasteiger charge is -2.47. The minimum atomic E-state index is -0.491. The largest absolute Gasteiger partial charge is 0.462 e. The Bertz CT molecular complexity index is 949. The van der Waals surface area contributed by atoms with Crippen molar-refractivity contribution in [1.29, 1.82) is 0 Å². The third-order valence-electron chi connectivity index (χ3n) is 6.56. The number of halogens is 1. The van der Waals surface area contributed by atoms with Crippen molar-refractivity contribution in [2.75, 3.05) is 13.1 Å². The fourth-order valence-electron chi connectivity index (χ4n) is 4.53. The predicted octanol–water partition coefficient (Wildman–Crippen LogP) is 4.36. The van der Waals surface area contributed by atoms with Crippen molar-refractivity contribution in [3.63, 3.8) is 0 Å². The van der Waals surface area contributed by atoms with Gasteiger partial charge < -0.3 is 15.2 Å². The number of primary amides is 1. The van der Waals surface area contributed by atoms with Gasteiger partial charge in [0.1, 0.15) is 5.75 Å². The number of piperidine rings is 1. The molecule has 2 fully saturated rings. The number of hydrogen-bond donors (Lipinski definition) is 1. The number of likely N-dealkylation sites (tertiary alicyclic amines) is 1. The Morgan fingerprint density at radius 1 is 1.14 bits per heavy atom. The summed E-state index contributed by atoms with van der Waals surface area (Å²) in [6, 6.07) is 12.0. The molecule has 6 heteroatoms. The van der Waals surface area contributed by atoms with E-state index in [-0.39, 0.29) is 0 Å². The van der Waals surface area contributed by atoms with Crippen LogP contribution in [-0.4, -0.2) is 35.7 Å². The first-order valence-corrected chi connectivity index (χ1v) is 10.7. The number of rotatable bonds is 3. The Balaban J connectivity index is 1.33. The second-order valence-corrected chi connectivity index (χ2v) is 8.71. The van der Waals surface area contributed by atoms with Crippen LogP contribution in [0.2, 0.25) is 5.02 Å². The van der Waals surface area contributed by atoms with E-state index in [0.717, 1.165) is 54.4 Å². The Hall–Kier alpha value is -2.08. The standard InChI is InChI=1S/C23H25ClN2O3/c24-20-13-16(22(25)27)4-6-19(20)15-5-7-21-17(12-15)14-28-23(29-21)8-10-26(11-9-23)18-2-1-3-18/h4-7,12-13,18H,1-3,8-11,14H2,(H2,25,27). The third kappa shape index (κ3) is 3.52. The van der Waals surface area contributed by atoms with Crippen molar-refractivity contribution in [1.82, 2.24) is 4.90 Å². The SMILES string of the molecule is NC(=O)c1ccc(-c2ccc3c(c2)COC2(CCN(C4CCC4)CC2)O3)c(Cl)c1. The fraction of sp³-hybridized carbons (Fsp3) is 0.435. The van der Waals surface area contributed by atoms with Crippen LogP contribution >= 0.6 is 11.6 Å². The molecule has 0 atom stereocenters. The Kier molecular flexibility index (Phi) is 4.77. The first kappa shape index (κ1) is 18.9. The van der Waals surface area contributed by atoms with Gasteiger partial charge in [0.2, 0.25) is 11.7 Å². The van der Waals surface area contributed by atoms with Crippen molar-refractivity contribution < 1.29 is 14.3 Å². The number of carbonyl (C=O) groups excluding carboxylic acids is 1. The zero-order chi connectivity index (χ0) is 20.0. The molecule has 0 unspecified atom stereocenters. The van der Waals surface area contributed by atoms with Crippen LogP contribution in [0.3, 0.4) is 0 Å². The maximum Gasteiger partial charge on any atom is 0.248 e. The molecule has 5 nitrogen and oxygen atoms in total. The molecule has 1 amide bonds. The Labute approximate surface area is 175 Å². The van der Waals surface area contributed by atoms with Crippen molar-refractivity contribution in [2.45, 2.75) is 50.5 Å². The summed E-state index contributed by atoms with van der Waals surface area (Å²) < 4.78 is 12.6. The van der Waals surface area contributed by atoms with Gasteiger partial charge in [-0.3, -0.25) is 9.69 Å². The number of benzene rings is 2. The van der Waals surface area contributed by atoms with Crippen LogP contribution in [-0.2, 0) is 11.3 Å². The van der Waals surface area contributed by atoms with Gasteiger partial charge in [0.05, 0.1) is 6.61 Å². The maximum atomic E-state index is 11.3. The molecule has 5 rings (SSSR count). The van der Waals surface area contributed by atoms with Crippen LogP contribution in [0.1, 0.15) is 48.0 Å². The zero-order valence-electron chi connectivity index (χ0n) is 16.3. The molecule has 2 aromatic rings. The van der Waals surface area contributed by atoms with Gasteiger partial charge in [0.25, 0.3) is 0 Å². The summed E-state index contributed by atoms with van der Waals surface area (Å²) in [7, 11) is 0. The Morgan fingerprint density at radius 2 is 1.93 bits per heavy atom. The van der Waals surface area contributed by atoms with Gasteiger partial charge in [-0.25, -0.2) is 0 Å². The first-order chi connectivity index (χ1) is 14.0. The number of amides is 1. The quantitative estimate of drug-likeness (QED) is 0.813. The van der Waals surface area contributed by atoms with Crippen molar-refractivity contribution >= 4 is 17.5 Å². The van der Waals surface area contributed by atoms with Crippen molar-refractivity contribution in [2.24, 2.45) is 5.73 Å². The fourth-order valence-corrected chi connectivity index (χ4v) is 4.82. The van der Waals surface area contributed by atoms with Gasteiger partial charge in [-0.1, -0.05) is 30.2 Å². The summed E-state index contributed by atoms with van der Waals surface area (Å²) in [4.78, 5) is 13.9. The number of ether oxygens (including phenoxy) is 2. The lowest BCUT2D eigenvalue weighted by molar-refractivity contribution is -0.231. The van der Waals surface area contributed by atoms with Crippen molar-refractivity contribution in [3.05, 3.63) is 52.5 Å². The third-order valence-corrected chi connectivity index (χ3v) is 6.88. The minimum absolute atomic E-state index is 0.401. The average Bonchev–Trinajstić information content (AvgIpc) is 2.68. The van der Waals surface area contributed by atoms with Crippen LogP contribution in [0, 0.1) is 0 Å². The molecule has 3 aliphatic rings. The lowest BCUT2D eigenvalue weighted by Crippen LogP contribution is -2.54. The van der Waals surface area contributed by atoms with Gasteiger partial charge in [-0.2, -0.15) is 0 Å². The van der Waals surface area contributed by atoms with E-state index in [1.54, 1.807) is 12.1 Å². The van der Waals surface area contributed by atoms with E-state index in [2.05, 4.69) is 11.0 Å². The summed E-state index contributed by atoms with van der Waals surface area (Å²) in [5, 5.41) is 0.499. The topological polar surface area (TPSA) is 64.8 Å². The van der Waals surface area contributed by atoms with E-state index in [9.17, 15) is 4.79 Å². The second-order valence-electron chi connectivity index (χ2n) is 8.30. The van der Waals surface area contributed by atoms with E-state index >= 15 is 0 Å². The van der Waals surface area contributed by atoms with Gasteiger partial charge >= 0.3 is 0 Å². The molecule has 2 aromatic carbocycles. The van der Waals surface area contributed by atoms with E-state index in [1.807, 2.05) is 18.2 Å². The number of hydrogen-bond acceptors (Lipinski definition) is 4. The summed E-state index contributed by atoms with van der Waals surface area (Å²) in [6.07, 6.45) is 5.85. The summed E-state index contributed by atoms with van der Waals surface area (Å²) in [5.41, 5.74) is 8.57. The van der Waals surface area contributed by atoms with Gasteiger partial charge in [0.15, 0.2) is 0 Å². The summed E-state index contributed by atoms with van der Waals surface area (Å²) in [5.74, 6) is -0.0865. The lowest BCUT2D eigenvalue weighted by atomic mass is 9.89. The highest BCUT2D eigenvalue weighted by Crippen LogP contribution is 2.41. The Morgan fingerprint density at radius 3 is 2.59 bits per heavy atom. The molecule has 2 heterocycles. The molecule has 1 saturated heterocycles. The smallest absolute Gasteiger partial charge is 0.248 e. The van der Waals surface area contributed by atoms with Crippen LogP contribution in [0.5, 0.6) is 5.75 Å². The predicted molar refractivity (Wildman–Crippen MR) is 112 cm³/mol. The highest BCUT2D eigenvalue weighted by molar-refractivity contribution is 6.33. The molecule has 0 bridgehead atoms. The molecule has 1 spiro atoms. The van der Waals surface area contributed by atoms with Crippen molar-refractivity contribution in [3.8, 4) is 16.9 Å². The van der Waals surface area contributed by atoms with E-state index in [1.165, 1.54) is 19.3 Å². The van der Waals surface area contributed by atoms with Crippen LogP contribution in [0.4, 0.5) is 0 Å². The normalized spacial score (nSPS) is 21.3. The summed E-state index contributed by atoms with van der Waals surface area (Å²) >= 11 is 6.39. The molecule has 0 radical (unpaired) electrons. The minimum Gasteiger partial charge on any atom is -0.462 e.